The molecular formula is C26H33Cl2N3O3S. The van der Waals surface area contributed by atoms with Crippen LogP contribution in [0.5, 0.6) is 0 Å². The van der Waals surface area contributed by atoms with E-state index in [1.54, 1.807) is 6.07 Å². The number of halogens is 2. The molecule has 2 aromatic rings. The molecule has 0 aromatic heterocycles. The number of carbonyl (C=O) groups is 2. The minimum absolute atomic E-state index is 0.0970. The van der Waals surface area contributed by atoms with Crippen molar-refractivity contribution in [2.24, 2.45) is 5.92 Å². The second-order valence-corrected chi connectivity index (χ2v) is 11.4. The average Bonchev–Trinajstić information content (AvgIpc) is 2.78. The molecule has 35 heavy (non-hydrogen) atoms. The zero-order valence-corrected chi connectivity index (χ0v) is 22.7. The van der Waals surface area contributed by atoms with Gasteiger partial charge in [0.15, 0.2) is 0 Å². The molecule has 2 N–H and O–H groups in total. The first-order chi connectivity index (χ1) is 16.6. The third-order valence-electron chi connectivity index (χ3n) is 5.68. The molecule has 0 saturated carbocycles. The van der Waals surface area contributed by atoms with Crippen molar-refractivity contribution < 1.29 is 14.3 Å². The van der Waals surface area contributed by atoms with E-state index in [1.807, 2.05) is 62.1 Å². The smallest absolute Gasteiger partial charge is 0.407 e. The van der Waals surface area contributed by atoms with Gasteiger partial charge in [0.2, 0.25) is 5.91 Å². The Hall–Kier alpha value is -1.93. The molecule has 0 unspecified atom stereocenters. The van der Waals surface area contributed by atoms with Crippen molar-refractivity contribution in [3.63, 3.8) is 0 Å². The molecule has 9 heteroatoms. The van der Waals surface area contributed by atoms with Gasteiger partial charge in [-0.3, -0.25) is 9.52 Å². The molecule has 1 aliphatic heterocycles. The average molecular weight is 539 g/mol. The Morgan fingerprint density at radius 2 is 1.86 bits per heavy atom. The fourth-order valence-corrected chi connectivity index (χ4v) is 5.12. The topological polar surface area (TPSA) is 70.7 Å². The summed E-state index contributed by atoms with van der Waals surface area (Å²) in [5.41, 5.74) is 1.42. The molecule has 6 nitrogen and oxygen atoms in total. The van der Waals surface area contributed by atoms with Crippen molar-refractivity contribution in [1.82, 2.24) is 14.9 Å². The van der Waals surface area contributed by atoms with Gasteiger partial charge in [0.1, 0.15) is 5.60 Å². The lowest BCUT2D eigenvalue weighted by Gasteiger charge is -2.32. The number of nitrogens with one attached hydrogen (secondary N) is 2. The molecule has 0 spiro atoms. The van der Waals surface area contributed by atoms with E-state index in [0.717, 1.165) is 48.4 Å². The van der Waals surface area contributed by atoms with Crippen LogP contribution in [0, 0.1) is 5.92 Å². The predicted molar refractivity (Wildman–Crippen MR) is 144 cm³/mol. The van der Waals surface area contributed by atoms with Gasteiger partial charge in [0.05, 0.1) is 6.54 Å². The van der Waals surface area contributed by atoms with Crippen LogP contribution in [0.3, 0.4) is 0 Å². The summed E-state index contributed by atoms with van der Waals surface area (Å²) in [4.78, 5) is 27.3. The summed E-state index contributed by atoms with van der Waals surface area (Å²) in [5, 5.41) is 4.02. The van der Waals surface area contributed by atoms with Crippen LogP contribution in [-0.2, 0) is 9.53 Å². The monoisotopic (exact) mass is 537 g/mol. The molecule has 0 bridgehead atoms. The summed E-state index contributed by atoms with van der Waals surface area (Å²) >= 11 is 13.8. The van der Waals surface area contributed by atoms with Gasteiger partial charge in [-0.25, -0.2) is 4.79 Å². The Bertz CT molecular complexity index is 1020. The summed E-state index contributed by atoms with van der Waals surface area (Å²) in [6, 6.07) is 13.4. The standard InChI is InChI=1S/C26H33Cl2N3O3S/c1-26(2,3)34-25(33)29-12-9-18-10-13-31(14-11-18)24(32)17-30-35-21-6-4-5-19(15-21)22-8-7-20(27)16-23(22)28/h4-8,15-16,18,30H,9-14,17H2,1-3H3,(H,29,33). The van der Waals surface area contributed by atoms with Crippen LogP contribution in [0.1, 0.15) is 40.0 Å². The highest BCUT2D eigenvalue weighted by Crippen LogP contribution is 2.32. The number of amides is 2. The van der Waals surface area contributed by atoms with Crippen LogP contribution in [0.4, 0.5) is 4.79 Å². The van der Waals surface area contributed by atoms with Crippen LogP contribution < -0.4 is 10.0 Å². The fourth-order valence-electron chi connectivity index (χ4n) is 3.91. The van der Waals surface area contributed by atoms with Gasteiger partial charge in [-0.15, -0.1) is 0 Å². The van der Waals surface area contributed by atoms with Crippen LogP contribution >= 0.6 is 35.1 Å². The molecule has 1 saturated heterocycles. The lowest BCUT2D eigenvalue weighted by Crippen LogP contribution is -2.42. The maximum Gasteiger partial charge on any atom is 0.407 e. The summed E-state index contributed by atoms with van der Waals surface area (Å²) in [7, 11) is 0. The van der Waals surface area contributed by atoms with E-state index in [0.29, 0.717) is 22.5 Å². The van der Waals surface area contributed by atoms with Crippen molar-refractivity contribution in [2.45, 2.75) is 50.5 Å². The predicted octanol–water partition coefficient (Wildman–Crippen LogP) is 6.41. The SMILES string of the molecule is CC(C)(C)OC(=O)NCCC1CCN(C(=O)CNSc2cccc(-c3ccc(Cl)cc3Cl)c2)CC1. The van der Waals surface area contributed by atoms with Crippen LogP contribution in [0.15, 0.2) is 47.4 Å². The first kappa shape index (κ1) is 27.7. The van der Waals surface area contributed by atoms with Gasteiger partial charge in [0, 0.05) is 40.1 Å². The van der Waals surface area contributed by atoms with Gasteiger partial charge < -0.3 is 15.0 Å². The normalized spacial score (nSPS) is 14.6. The van der Waals surface area contributed by atoms with E-state index in [1.165, 1.54) is 11.9 Å². The number of rotatable bonds is 8. The van der Waals surface area contributed by atoms with Crippen molar-refractivity contribution in [1.29, 1.82) is 0 Å². The maximum atomic E-state index is 12.6. The molecule has 190 valence electrons. The largest absolute Gasteiger partial charge is 0.444 e. The number of benzene rings is 2. The van der Waals surface area contributed by atoms with Crippen molar-refractivity contribution in [3.8, 4) is 11.1 Å². The van der Waals surface area contributed by atoms with Gasteiger partial charge >= 0.3 is 6.09 Å². The van der Waals surface area contributed by atoms with Gasteiger partial charge in [-0.1, -0.05) is 41.4 Å². The lowest BCUT2D eigenvalue weighted by molar-refractivity contribution is -0.131. The Balaban J connectivity index is 1.37. The zero-order chi connectivity index (χ0) is 25.4. The maximum absolute atomic E-state index is 12.6. The van der Waals surface area contributed by atoms with Crippen LogP contribution in [0.25, 0.3) is 11.1 Å². The number of hydrogen-bond donors (Lipinski definition) is 2. The highest BCUT2D eigenvalue weighted by molar-refractivity contribution is 7.97. The molecule has 2 amide bonds. The Kier molecular flexibility index (Phi) is 10.2. The number of piperidine rings is 1. The third kappa shape index (κ3) is 9.22. The van der Waals surface area contributed by atoms with E-state index < -0.39 is 5.60 Å². The Morgan fingerprint density at radius 3 is 2.54 bits per heavy atom. The van der Waals surface area contributed by atoms with Crippen molar-refractivity contribution >= 4 is 47.2 Å². The number of ether oxygens (including phenoxy) is 1. The lowest BCUT2D eigenvalue weighted by atomic mass is 9.93. The molecule has 0 atom stereocenters. The molecule has 2 aromatic carbocycles. The number of hydrogen-bond acceptors (Lipinski definition) is 5. The molecule has 1 fully saturated rings. The summed E-state index contributed by atoms with van der Waals surface area (Å²) in [6.45, 7) is 7.89. The molecular weight excluding hydrogens is 505 g/mol. The zero-order valence-electron chi connectivity index (χ0n) is 20.4. The highest BCUT2D eigenvalue weighted by atomic mass is 35.5. The first-order valence-corrected chi connectivity index (χ1v) is 13.4. The molecule has 3 rings (SSSR count). The second-order valence-electron chi connectivity index (χ2n) is 9.62. The number of nitrogens with zero attached hydrogens (tertiary/aromatic N) is 1. The molecule has 1 heterocycles. The van der Waals surface area contributed by atoms with E-state index in [-0.39, 0.29) is 18.5 Å². The van der Waals surface area contributed by atoms with E-state index in [4.69, 9.17) is 27.9 Å². The molecule has 0 aliphatic carbocycles. The first-order valence-electron chi connectivity index (χ1n) is 11.8. The molecule has 0 radical (unpaired) electrons. The van der Waals surface area contributed by atoms with Gasteiger partial charge in [-0.05, 0) is 87.7 Å². The van der Waals surface area contributed by atoms with E-state index >= 15 is 0 Å². The Labute approximate surface area is 222 Å². The molecule has 1 aliphatic rings. The Morgan fingerprint density at radius 1 is 1.11 bits per heavy atom. The highest BCUT2D eigenvalue weighted by Gasteiger charge is 2.23. The third-order valence-corrected chi connectivity index (χ3v) is 7.00. The quantitative estimate of drug-likeness (QED) is 0.380. The fraction of sp³-hybridized carbons (Fsp3) is 0.462. The summed E-state index contributed by atoms with van der Waals surface area (Å²) in [5.74, 6) is 0.596. The van der Waals surface area contributed by atoms with E-state index in [9.17, 15) is 9.59 Å². The number of alkyl carbamates (subject to hydrolysis) is 1. The number of likely N-dealkylation sites (tertiary alicyclic amines) is 1. The van der Waals surface area contributed by atoms with Crippen LogP contribution in [-0.4, -0.2) is 48.7 Å². The van der Waals surface area contributed by atoms with Gasteiger partial charge in [-0.2, -0.15) is 0 Å². The van der Waals surface area contributed by atoms with Crippen molar-refractivity contribution in [3.05, 3.63) is 52.5 Å². The summed E-state index contributed by atoms with van der Waals surface area (Å²) < 4.78 is 8.45. The van der Waals surface area contributed by atoms with Crippen LogP contribution in [0.2, 0.25) is 10.0 Å². The van der Waals surface area contributed by atoms with Crippen molar-refractivity contribution in [2.75, 3.05) is 26.2 Å². The summed E-state index contributed by atoms with van der Waals surface area (Å²) in [6.07, 6.45) is 2.40. The second kappa shape index (κ2) is 12.9. The number of carbonyl (C=O) groups excluding carboxylic acids is 2. The van der Waals surface area contributed by atoms with Gasteiger partial charge in [0.25, 0.3) is 0 Å². The minimum Gasteiger partial charge on any atom is -0.444 e. The minimum atomic E-state index is -0.491. The van der Waals surface area contributed by atoms with E-state index in [2.05, 4.69) is 10.0 Å².